The van der Waals surface area contributed by atoms with Crippen LogP contribution in [0.5, 0.6) is 5.75 Å². The Kier molecular flexibility index (Phi) is 4.66. The molecule has 0 spiro atoms. The van der Waals surface area contributed by atoms with Gasteiger partial charge in [0.05, 0.1) is 0 Å². The van der Waals surface area contributed by atoms with Crippen molar-refractivity contribution >= 4 is 5.69 Å². The lowest BCUT2D eigenvalue weighted by atomic mass is 9.98. The third kappa shape index (κ3) is 4.27. The largest absolute Gasteiger partial charge is 0.573 e. The minimum atomic E-state index is -4.65. The molecular weight excluding hydrogens is 281 g/mol. The van der Waals surface area contributed by atoms with Crippen molar-refractivity contribution in [1.29, 1.82) is 0 Å². The first-order chi connectivity index (χ1) is 9.76. The topological polar surface area (TPSA) is 24.5 Å². The number of hydrogen-bond donors (Lipinski definition) is 1. The predicted octanol–water partition coefficient (Wildman–Crippen LogP) is 3.41. The smallest absolute Gasteiger partial charge is 0.406 e. The fourth-order valence-electron chi connectivity index (χ4n) is 2.66. The maximum atomic E-state index is 12.2. The number of ether oxygens (including phenoxy) is 1. The third-order valence-electron chi connectivity index (χ3n) is 3.72. The molecule has 2 atom stereocenters. The number of nitrogens with one attached hydrogen (secondary N) is 1. The SMILES string of the molecule is CC1CN(c2ccc(OC(F)(F)F)cc2)C(C(C)C)CN1. The number of rotatable bonds is 3. The highest BCUT2D eigenvalue weighted by atomic mass is 19.4. The molecule has 2 unspecified atom stereocenters. The van der Waals surface area contributed by atoms with Crippen LogP contribution < -0.4 is 15.0 Å². The summed E-state index contributed by atoms with van der Waals surface area (Å²) in [5.41, 5.74) is 0.927. The lowest BCUT2D eigenvalue weighted by Crippen LogP contribution is -2.57. The minimum Gasteiger partial charge on any atom is -0.406 e. The van der Waals surface area contributed by atoms with E-state index < -0.39 is 6.36 Å². The number of hydrogen-bond acceptors (Lipinski definition) is 3. The molecule has 1 aliphatic heterocycles. The van der Waals surface area contributed by atoms with Gasteiger partial charge in [0.15, 0.2) is 0 Å². The average molecular weight is 302 g/mol. The Labute approximate surface area is 123 Å². The summed E-state index contributed by atoms with van der Waals surface area (Å²) in [5, 5.41) is 3.44. The molecule has 1 N–H and O–H groups in total. The van der Waals surface area contributed by atoms with Crippen LogP contribution in [0.2, 0.25) is 0 Å². The lowest BCUT2D eigenvalue weighted by Gasteiger charge is -2.43. The molecule has 3 nitrogen and oxygen atoms in total. The molecule has 1 heterocycles. The molecule has 2 rings (SSSR count). The van der Waals surface area contributed by atoms with Crippen molar-refractivity contribution < 1.29 is 17.9 Å². The second-order valence-electron chi connectivity index (χ2n) is 5.81. The summed E-state index contributed by atoms with van der Waals surface area (Å²) < 4.78 is 40.4. The highest BCUT2D eigenvalue weighted by molar-refractivity contribution is 5.51. The van der Waals surface area contributed by atoms with Gasteiger partial charge in [-0.25, -0.2) is 0 Å². The monoisotopic (exact) mass is 302 g/mol. The van der Waals surface area contributed by atoms with Gasteiger partial charge in [0, 0.05) is 30.9 Å². The molecule has 21 heavy (non-hydrogen) atoms. The van der Waals surface area contributed by atoms with E-state index in [2.05, 4.69) is 35.7 Å². The van der Waals surface area contributed by atoms with Gasteiger partial charge in [-0.3, -0.25) is 0 Å². The zero-order valence-corrected chi connectivity index (χ0v) is 12.4. The van der Waals surface area contributed by atoms with Gasteiger partial charge in [0.25, 0.3) is 0 Å². The summed E-state index contributed by atoms with van der Waals surface area (Å²) in [4.78, 5) is 2.25. The van der Waals surface area contributed by atoms with Gasteiger partial charge in [-0.15, -0.1) is 13.2 Å². The van der Waals surface area contributed by atoms with Gasteiger partial charge in [0.1, 0.15) is 5.75 Å². The summed E-state index contributed by atoms with van der Waals surface area (Å²) in [6, 6.07) is 6.80. The molecule has 0 aromatic heterocycles. The Morgan fingerprint density at radius 2 is 1.86 bits per heavy atom. The summed E-state index contributed by atoms with van der Waals surface area (Å²) in [6.07, 6.45) is -4.65. The van der Waals surface area contributed by atoms with E-state index >= 15 is 0 Å². The van der Waals surface area contributed by atoms with Crippen LogP contribution in [0.15, 0.2) is 24.3 Å². The van der Waals surface area contributed by atoms with E-state index in [0.717, 1.165) is 18.8 Å². The number of halogens is 3. The minimum absolute atomic E-state index is 0.185. The van der Waals surface area contributed by atoms with Crippen LogP contribution in [0.25, 0.3) is 0 Å². The maximum absolute atomic E-state index is 12.2. The van der Waals surface area contributed by atoms with Crippen LogP contribution >= 0.6 is 0 Å². The molecule has 1 aromatic rings. The van der Waals surface area contributed by atoms with Crippen molar-refractivity contribution in [2.24, 2.45) is 5.92 Å². The van der Waals surface area contributed by atoms with Gasteiger partial charge < -0.3 is 15.0 Å². The van der Waals surface area contributed by atoms with Crippen LogP contribution in [-0.2, 0) is 0 Å². The lowest BCUT2D eigenvalue weighted by molar-refractivity contribution is -0.274. The quantitative estimate of drug-likeness (QED) is 0.926. The molecule has 118 valence electrons. The maximum Gasteiger partial charge on any atom is 0.573 e. The molecule has 1 aliphatic rings. The van der Waals surface area contributed by atoms with E-state index in [4.69, 9.17) is 0 Å². The highest BCUT2D eigenvalue weighted by Crippen LogP contribution is 2.28. The molecule has 0 saturated carbocycles. The molecule has 0 amide bonds. The Bertz CT molecular complexity index is 459. The molecule has 1 fully saturated rings. The first kappa shape index (κ1) is 15.9. The second kappa shape index (κ2) is 6.13. The van der Waals surface area contributed by atoms with Crippen LogP contribution in [0.1, 0.15) is 20.8 Å². The molecule has 0 radical (unpaired) electrons. The van der Waals surface area contributed by atoms with Gasteiger partial charge >= 0.3 is 6.36 Å². The Hall–Kier alpha value is -1.43. The molecular formula is C15H21F3N2O. The van der Waals surface area contributed by atoms with E-state index in [1.54, 1.807) is 12.1 Å². The van der Waals surface area contributed by atoms with E-state index in [0.29, 0.717) is 18.0 Å². The summed E-state index contributed by atoms with van der Waals surface area (Å²) in [5.74, 6) is 0.270. The van der Waals surface area contributed by atoms with Gasteiger partial charge in [0.2, 0.25) is 0 Å². The fraction of sp³-hybridized carbons (Fsp3) is 0.600. The Morgan fingerprint density at radius 3 is 2.38 bits per heavy atom. The average Bonchev–Trinajstić information content (AvgIpc) is 2.37. The number of nitrogens with zero attached hydrogens (tertiary/aromatic N) is 1. The number of anilines is 1. The van der Waals surface area contributed by atoms with Crippen LogP contribution in [0, 0.1) is 5.92 Å². The Morgan fingerprint density at radius 1 is 1.24 bits per heavy atom. The summed E-state index contributed by atoms with van der Waals surface area (Å²) in [6.45, 7) is 8.11. The van der Waals surface area contributed by atoms with Crippen molar-refractivity contribution in [3.8, 4) is 5.75 Å². The zero-order chi connectivity index (χ0) is 15.6. The molecule has 1 aromatic carbocycles. The summed E-state index contributed by atoms with van der Waals surface area (Å²) in [7, 11) is 0. The first-order valence-corrected chi connectivity index (χ1v) is 7.12. The predicted molar refractivity (Wildman–Crippen MR) is 76.6 cm³/mol. The molecule has 0 bridgehead atoms. The van der Waals surface area contributed by atoms with E-state index in [1.807, 2.05) is 0 Å². The van der Waals surface area contributed by atoms with Gasteiger partial charge in [-0.1, -0.05) is 13.8 Å². The normalized spacial score (nSPS) is 23.5. The Balaban J connectivity index is 2.15. The van der Waals surface area contributed by atoms with Crippen molar-refractivity contribution in [1.82, 2.24) is 5.32 Å². The molecule has 1 saturated heterocycles. The van der Waals surface area contributed by atoms with Crippen molar-refractivity contribution in [2.75, 3.05) is 18.0 Å². The highest BCUT2D eigenvalue weighted by Gasteiger charge is 2.31. The first-order valence-electron chi connectivity index (χ1n) is 7.12. The van der Waals surface area contributed by atoms with Crippen LogP contribution in [-0.4, -0.2) is 31.5 Å². The van der Waals surface area contributed by atoms with Crippen molar-refractivity contribution in [2.45, 2.75) is 39.2 Å². The van der Waals surface area contributed by atoms with Crippen molar-refractivity contribution in [3.05, 3.63) is 24.3 Å². The van der Waals surface area contributed by atoms with E-state index in [9.17, 15) is 13.2 Å². The third-order valence-corrected chi connectivity index (χ3v) is 3.72. The molecule has 0 aliphatic carbocycles. The second-order valence-corrected chi connectivity index (χ2v) is 5.81. The van der Waals surface area contributed by atoms with Gasteiger partial charge in [-0.2, -0.15) is 0 Å². The van der Waals surface area contributed by atoms with Crippen molar-refractivity contribution in [3.63, 3.8) is 0 Å². The number of piperazine rings is 1. The number of alkyl halides is 3. The van der Waals surface area contributed by atoms with E-state index in [-0.39, 0.29) is 5.75 Å². The van der Waals surface area contributed by atoms with Gasteiger partial charge in [-0.05, 0) is 37.1 Å². The standard InChI is InChI=1S/C15H21F3N2O/c1-10(2)14-8-19-11(3)9-20(14)12-4-6-13(7-5-12)21-15(16,17)18/h4-7,10-11,14,19H,8-9H2,1-3H3. The van der Waals surface area contributed by atoms with Crippen LogP contribution in [0.4, 0.5) is 18.9 Å². The molecule has 6 heteroatoms. The van der Waals surface area contributed by atoms with Crippen LogP contribution in [0.3, 0.4) is 0 Å². The fourth-order valence-corrected chi connectivity index (χ4v) is 2.66. The van der Waals surface area contributed by atoms with E-state index in [1.165, 1.54) is 12.1 Å². The zero-order valence-electron chi connectivity index (χ0n) is 12.4. The number of benzene rings is 1. The summed E-state index contributed by atoms with van der Waals surface area (Å²) >= 11 is 0.